The molecule has 1 rings (SSSR count). The van der Waals surface area contributed by atoms with Gasteiger partial charge in [0, 0.05) is 37.2 Å². The molecular formula is C22H32O5. The molecule has 150 valence electrons. The minimum absolute atomic E-state index is 0.00554. The van der Waals surface area contributed by atoms with Gasteiger partial charge in [0.2, 0.25) is 0 Å². The van der Waals surface area contributed by atoms with Crippen LogP contribution >= 0.6 is 0 Å². The van der Waals surface area contributed by atoms with Gasteiger partial charge in [-0.15, -0.1) is 11.8 Å². The smallest absolute Gasteiger partial charge is 0.327 e. The van der Waals surface area contributed by atoms with Crippen molar-refractivity contribution in [3.8, 4) is 11.8 Å². The molecule has 1 aliphatic rings. The third-order valence-electron chi connectivity index (χ3n) is 4.97. The molecule has 0 bridgehead atoms. The first kappa shape index (κ1) is 23.1. The minimum atomic E-state index is -0.956. The highest BCUT2D eigenvalue weighted by Gasteiger charge is 2.39. The van der Waals surface area contributed by atoms with Crippen LogP contribution in [0.2, 0.25) is 0 Å². The van der Waals surface area contributed by atoms with Crippen molar-refractivity contribution in [3.05, 3.63) is 24.3 Å². The first-order valence-corrected chi connectivity index (χ1v) is 9.79. The van der Waals surface area contributed by atoms with E-state index in [9.17, 15) is 19.8 Å². The summed E-state index contributed by atoms with van der Waals surface area (Å²) in [4.78, 5) is 22.6. The Morgan fingerprint density at radius 2 is 2.07 bits per heavy atom. The van der Waals surface area contributed by atoms with Crippen molar-refractivity contribution in [2.45, 2.75) is 71.0 Å². The van der Waals surface area contributed by atoms with Gasteiger partial charge in [-0.05, 0) is 25.2 Å². The molecule has 3 N–H and O–H groups in total. The molecule has 0 aromatic carbocycles. The van der Waals surface area contributed by atoms with Crippen LogP contribution in [0.25, 0.3) is 0 Å². The maximum atomic E-state index is 12.2. The highest BCUT2D eigenvalue weighted by molar-refractivity contribution is 5.84. The highest BCUT2D eigenvalue weighted by Crippen LogP contribution is 2.34. The summed E-state index contributed by atoms with van der Waals surface area (Å²) in [6.45, 7) is 3.91. The molecular weight excluding hydrogens is 344 g/mol. The van der Waals surface area contributed by atoms with Crippen molar-refractivity contribution in [1.82, 2.24) is 0 Å². The molecule has 5 atom stereocenters. The Bertz CT molecular complexity index is 596. The fourth-order valence-electron chi connectivity index (χ4n) is 3.31. The predicted octanol–water partition coefficient (Wildman–Crippen LogP) is 3.11. The van der Waals surface area contributed by atoms with Gasteiger partial charge in [0.15, 0.2) is 0 Å². The molecule has 5 nitrogen and oxygen atoms in total. The van der Waals surface area contributed by atoms with Crippen LogP contribution in [0.15, 0.2) is 24.3 Å². The second kappa shape index (κ2) is 12.5. The maximum absolute atomic E-state index is 12.2. The number of carboxylic acids is 1. The Morgan fingerprint density at radius 3 is 2.74 bits per heavy atom. The molecule has 1 saturated carbocycles. The van der Waals surface area contributed by atoms with Crippen LogP contribution in [-0.4, -0.2) is 39.3 Å². The largest absolute Gasteiger partial charge is 0.478 e. The van der Waals surface area contributed by atoms with Crippen LogP contribution in [0.4, 0.5) is 0 Å². The predicted molar refractivity (Wildman–Crippen MR) is 105 cm³/mol. The molecule has 27 heavy (non-hydrogen) atoms. The van der Waals surface area contributed by atoms with E-state index < -0.39 is 18.2 Å². The van der Waals surface area contributed by atoms with E-state index in [1.54, 1.807) is 18.2 Å². The van der Waals surface area contributed by atoms with Crippen molar-refractivity contribution < 1.29 is 24.9 Å². The maximum Gasteiger partial charge on any atom is 0.327 e. The van der Waals surface area contributed by atoms with Gasteiger partial charge < -0.3 is 15.3 Å². The number of aliphatic carboxylic acids is 1. The molecule has 0 aromatic rings. The average Bonchev–Trinajstić information content (AvgIpc) is 2.88. The number of aliphatic hydroxyl groups excluding tert-OH is 2. The van der Waals surface area contributed by atoms with Crippen molar-refractivity contribution in [1.29, 1.82) is 0 Å². The van der Waals surface area contributed by atoms with Gasteiger partial charge >= 0.3 is 5.97 Å². The van der Waals surface area contributed by atoms with Gasteiger partial charge in [0.1, 0.15) is 5.78 Å². The van der Waals surface area contributed by atoms with Gasteiger partial charge in [0.05, 0.1) is 12.2 Å². The number of allylic oxidation sites excluding steroid dienone is 1. The summed E-state index contributed by atoms with van der Waals surface area (Å²) in [5.74, 6) is 4.62. The number of hydrogen-bond donors (Lipinski definition) is 3. The van der Waals surface area contributed by atoms with Crippen LogP contribution in [0.3, 0.4) is 0 Å². The first-order chi connectivity index (χ1) is 12.9. The molecule has 0 aliphatic heterocycles. The lowest BCUT2D eigenvalue weighted by molar-refractivity contribution is -0.131. The SMILES string of the molecule is CCC#CCC(C)C(O)/C=C/[C@H]1[C@H](O)CC(=O)[C@@H]1CCCC/C=C/C(=O)O. The number of ketones is 1. The normalized spacial score (nSPS) is 24.9. The molecule has 0 heterocycles. The Labute approximate surface area is 162 Å². The first-order valence-electron chi connectivity index (χ1n) is 9.79. The van der Waals surface area contributed by atoms with Gasteiger partial charge in [-0.25, -0.2) is 4.79 Å². The monoisotopic (exact) mass is 376 g/mol. The summed E-state index contributed by atoms with van der Waals surface area (Å²) in [6, 6.07) is 0. The van der Waals surface area contributed by atoms with E-state index in [4.69, 9.17) is 5.11 Å². The standard InChI is InChI=1S/C22H32O5/c1-3-4-7-10-16(2)19(23)14-13-18-17(20(24)15-21(18)25)11-8-5-6-9-12-22(26)27/h9,12-14,16-19,21,23,25H,3,5-6,8,10-11,15H2,1-2H3,(H,26,27)/b12-9+,14-13+/t16?,17-,18-,19?,21-/m1/s1. The molecule has 1 fully saturated rings. The summed E-state index contributed by atoms with van der Waals surface area (Å²) >= 11 is 0. The number of hydrogen-bond acceptors (Lipinski definition) is 4. The molecule has 0 spiro atoms. The Balaban J connectivity index is 2.54. The van der Waals surface area contributed by atoms with Crippen LogP contribution in [0, 0.1) is 29.6 Å². The Kier molecular flexibility index (Phi) is 10.7. The van der Waals surface area contributed by atoms with Crippen molar-refractivity contribution in [3.63, 3.8) is 0 Å². The fourth-order valence-corrected chi connectivity index (χ4v) is 3.31. The van der Waals surface area contributed by atoms with Crippen LogP contribution in [0.1, 0.15) is 58.8 Å². The lowest BCUT2D eigenvalue weighted by Gasteiger charge is -2.19. The van der Waals surface area contributed by atoms with E-state index in [0.29, 0.717) is 19.3 Å². The van der Waals surface area contributed by atoms with Crippen LogP contribution in [0.5, 0.6) is 0 Å². The Hall–Kier alpha value is -1.90. The number of carbonyl (C=O) groups excluding carboxylic acids is 1. The zero-order valence-corrected chi connectivity index (χ0v) is 16.3. The molecule has 5 heteroatoms. The van der Waals surface area contributed by atoms with Gasteiger partial charge in [-0.1, -0.05) is 38.5 Å². The highest BCUT2D eigenvalue weighted by atomic mass is 16.4. The summed E-state index contributed by atoms with van der Waals surface area (Å²) in [5.41, 5.74) is 0. The van der Waals surface area contributed by atoms with E-state index in [0.717, 1.165) is 25.3 Å². The Morgan fingerprint density at radius 1 is 1.33 bits per heavy atom. The zero-order chi connectivity index (χ0) is 20.2. The minimum Gasteiger partial charge on any atom is -0.478 e. The van der Waals surface area contributed by atoms with Crippen molar-refractivity contribution >= 4 is 11.8 Å². The van der Waals surface area contributed by atoms with Gasteiger partial charge in [-0.2, -0.15) is 0 Å². The van der Waals surface area contributed by atoms with Gasteiger partial charge in [0.25, 0.3) is 0 Å². The van der Waals surface area contributed by atoms with E-state index in [-0.39, 0.29) is 30.0 Å². The summed E-state index contributed by atoms with van der Waals surface area (Å²) in [6.07, 6.45) is 9.35. The fraction of sp³-hybridized carbons (Fsp3) is 0.636. The molecule has 0 saturated heterocycles. The molecule has 0 amide bonds. The summed E-state index contributed by atoms with van der Waals surface area (Å²) in [7, 11) is 0. The second-order valence-electron chi connectivity index (χ2n) is 7.21. The summed E-state index contributed by atoms with van der Waals surface area (Å²) in [5, 5.41) is 29.0. The number of aliphatic hydroxyl groups is 2. The third-order valence-corrected chi connectivity index (χ3v) is 4.97. The molecule has 1 aliphatic carbocycles. The number of rotatable bonds is 10. The second-order valence-corrected chi connectivity index (χ2v) is 7.21. The summed E-state index contributed by atoms with van der Waals surface area (Å²) < 4.78 is 0. The quantitative estimate of drug-likeness (QED) is 0.236. The number of carboxylic acid groups (broad SMARTS) is 1. The lowest BCUT2D eigenvalue weighted by Crippen LogP contribution is -2.20. The molecule has 0 radical (unpaired) electrons. The molecule has 0 aromatic heterocycles. The van der Waals surface area contributed by atoms with Gasteiger partial charge in [-0.3, -0.25) is 4.79 Å². The average molecular weight is 376 g/mol. The van der Waals surface area contributed by atoms with E-state index in [2.05, 4.69) is 11.8 Å². The number of Topliss-reactive ketones (excluding diaryl/α,β-unsaturated/α-hetero) is 1. The third kappa shape index (κ3) is 8.55. The number of carbonyl (C=O) groups is 2. The number of unbranched alkanes of at least 4 members (excludes halogenated alkanes) is 2. The van der Waals surface area contributed by atoms with Crippen LogP contribution < -0.4 is 0 Å². The van der Waals surface area contributed by atoms with E-state index >= 15 is 0 Å². The zero-order valence-electron chi connectivity index (χ0n) is 16.3. The van der Waals surface area contributed by atoms with Crippen molar-refractivity contribution in [2.75, 3.05) is 0 Å². The van der Waals surface area contributed by atoms with E-state index in [1.165, 1.54) is 0 Å². The van der Waals surface area contributed by atoms with E-state index in [1.807, 2.05) is 13.8 Å². The lowest BCUT2D eigenvalue weighted by atomic mass is 9.88. The topological polar surface area (TPSA) is 94.8 Å². The molecule has 2 unspecified atom stereocenters. The van der Waals surface area contributed by atoms with Crippen molar-refractivity contribution in [2.24, 2.45) is 17.8 Å². The van der Waals surface area contributed by atoms with Crippen LogP contribution in [-0.2, 0) is 9.59 Å².